The maximum atomic E-state index is 12.6. The van der Waals surface area contributed by atoms with Gasteiger partial charge < -0.3 is 10.1 Å². The molecule has 0 saturated heterocycles. The number of nitrogens with one attached hydrogen (secondary N) is 1. The van der Waals surface area contributed by atoms with Gasteiger partial charge >= 0.3 is 0 Å². The Morgan fingerprint density at radius 3 is 2.48 bits per heavy atom. The summed E-state index contributed by atoms with van der Waals surface area (Å²) >= 11 is 5.84. The molecule has 0 atom stereocenters. The van der Waals surface area contributed by atoms with Crippen LogP contribution in [0.4, 0.5) is 0 Å². The Morgan fingerprint density at radius 2 is 1.73 bits per heavy atom. The molecule has 0 saturated carbocycles. The van der Waals surface area contributed by atoms with E-state index in [9.17, 15) is 14.4 Å². The van der Waals surface area contributed by atoms with Crippen molar-refractivity contribution in [3.8, 4) is 5.75 Å². The number of allylic oxidation sites excluding steroid dienone is 1. The summed E-state index contributed by atoms with van der Waals surface area (Å²) in [5.41, 5.74) is 1.53. The highest BCUT2D eigenvalue weighted by Crippen LogP contribution is 2.13. The van der Waals surface area contributed by atoms with Crippen molar-refractivity contribution >= 4 is 29.2 Å². The maximum Gasteiger partial charge on any atom is 0.296 e. The highest BCUT2D eigenvalue weighted by molar-refractivity contribution is 6.30. The van der Waals surface area contributed by atoms with Crippen LogP contribution in [-0.4, -0.2) is 24.7 Å². The van der Waals surface area contributed by atoms with E-state index in [1.165, 1.54) is 6.07 Å². The van der Waals surface area contributed by atoms with Gasteiger partial charge in [0.15, 0.2) is 5.78 Å². The molecule has 0 bridgehead atoms. The molecule has 7 nitrogen and oxygen atoms in total. The molecular formula is C25H18ClN3O4. The molecule has 33 heavy (non-hydrogen) atoms. The highest BCUT2D eigenvalue weighted by Gasteiger charge is 2.16. The lowest BCUT2D eigenvalue weighted by Gasteiger charge is -2.08. The molecule has 3 aromatic carbocycles. The maximum absolute atomic E-state index is 12.6. The van der Waals surface area contributed by atoms with Gasteiger partial charge in [-0.25, -0.2) is 9.98 Å². The number of hydrogen-bond donors (Lipinski definition) is 1. The summed E-state index contributed by atoms with van der Waals surface area (Å²) in [5.74, 6) is -0.653. The number of amides is 2. The minimum Gasteiger partial charge on any atom is -0.497 e. The van der Waals surface area contributed by atoms with Crippen molar-refractivity contribution in [2.45, 2.75) is 6.54 Å². The Balaban J connectivity index is 1.52. The van der Waals surface area contributed by atoms with Gasteiger partial charge in [0, 0.05) is 28.8 Å². The summed E-state index contributed by atoms with van der Waals surface area (Å²) in [7, 11) is 1.58. The number of benzene rings is 3. The molecule has 0 unspecified atom stereocenters. The van der Waals surface area contributed by atoms with E-state index in [4.69, 9.17) is 16.3 Å². The Hall–Kier alpha value is -4.10. The Labute approximate surface area is 194 Å². The molecule has 0 aliphatic carbocycles. The molecular weight excluding hydrogens is 442 g/mol. The zero-order valence-corrected chi connectivity index (χ0v) is 18.3. The fraction of sp³-hybridized carbons (Fsp3) is 0.0800. The standard InChI is InChI=1S/C25H18ClN3O4/c1-33-19-4-2-3-15(11-19)14-27-24(31)17-7-10-20-21(12-17)29-25(32)22(28-20)13-23(30)16-5-8-18(26)9-6-16/h2-13H,14H2,1H3,(H,27,31)/b22-13-. The molecule has 0 radical (unpaired) electrons. The van der Waals surface area contributed by atoms with Gasteiger partial charge in [-0.1, -0.05) is 23.7 Å². The molecule has 3 aromatic rings. The van der Waals surface area contributed by atoms with Crippen molar-refractivity contribution in [2.75, 3.05) is 7.11 Å². The molecule has 1 aliphatic rings. The van der Waals surface area contributed by atoms with E-state index in [2.05, 4.69) is 15.3 Å². The number of nitrogens with zero attached hydrogens (tertiary/aromatic N) is 2. The number of carbonyl (C=O) groups excluding carboxylic acids is 3. The number of fused-ring (bicyclic) bond motifs is 1. The van der Waals surface area contributed by atoms with E-state index in [1.807, 2.05) is 24.3 Å². The van der Waals surface area contributed by atoms with Gasteiger partial charge in [0.05, 0.1) is 17.8 Å². The molecule has 1 aliphatic heterocycles. The van der Waals surface area contributed by atoms with Gasteiger partial charge in [0.25, 0.3) is 11.8 Å². The number of carbonyl (C=O) groups is 3. The minimum atomic E-state index is -0.654. The van der Waals surface area contributed by atoms with Crippen LogP contribution in [0.1, 0.15) is 26.3 Å². The van der Waals surface area contributed by atoms with Crippen LogP contribution < -0.4 is 20.8 Å². The van der Waals surface area contributed by atoms with Crippen molar-refractivity contribution in [1.82, 2.24) is 5.32 Å². The number of ketones is 1. The van der Waals surface area contributed by atoms with Crippen molar-refractivity contribution in [2.24, 2.45) is 9.98 Å². The van der Waals surface area contributed by atoms with Crippen LogP contribution in [0.25, 0.3) is 0 Å². The van der Waals surface area contributed by atoms with Crippen LogP contribution in [0.15, 0.2) is 88.5 Å². The lowest BCUT2D eigenvalue weighted by molar-refractivity contribution is -0.114. The second kappa shape index (κ2) is 9.58. The van der Waals surface area contributed by atoms with Gasteiger partial charge in [-0.2, -0.15) is 0 Å². The average Bonchev–Trinajstić information content (AvgIpc) is 2.83. The van der Waals surface area contributed by atoms with Crippen LogP contribution >= 0.6 is 11.6 Å². The molecule has 0 fully saturated rings. The van der Waals surface area contributed by atoms with Crippen LogP contribution in [0.2, 0.25) is 5.02 Å². The minimum absolute atomic E-state index is 0.0716. The van der Waals surface area contributed by atoms with E-state index in [0.717, 1.165) is 11.6 Å². The van der Waals surface area contributed by atoms with E-state index in [1.54, 1.807) is 43.5 Å². The normalized spacial score (nSPS) is 13.5. The van der Waals surface area contributed by atoms with E-state index >= 15 is 0 Å². The highest BCUT2D eigenvalue weighted by atomic mass is 35.5. The third-order valence-corrected chi connectivity index (χ3v) is 5.16. The topological polar surface area (TPSA) is 97.2 Å². The summed E-state index contributed by atoms with van der Waals surface area (Å²) in [6.07, 6.45) is 1.15. The summed E-state index contributed by atoms with van der Waals surface area (Å²) in [6.45, 7) is 0.313. The first-order valence-corrected chi connectivity index (χ1v) is 10.4. The molecule has 164 valence electrons. The second-order valence-electron chi connectivity index (χ2n) is 7.17. The zero-order valence-electron chi connectivity index (χ0n) is 17.5. The number of methoxy groups -OCH3 is 1. The molecule has 1 N–H and O–H groups in total. The van der Waals surface area contributed by atoms with Crippen molar-refractivity contribution in [1.29, 1.82) is 0 Å². The lowest BCUT2D eigenvalue weighted by atomic mass is 10.1. The van der Waals surface area contributed by atoms with Gasteiger partial charge in [-0.3, -0.25) is 14.4 Å². The fourth-order valence-electron chi connectivity index (χ4n) is 3.18. The van der Waals surface area contributed by atoms with Crippen LogP contribution in [0.5, 0.6) is 5.75 Å². The van der Waals surface area contributed by atoms with Gasteiger partial charge in [-0.05, 0) is 60.2 Å². The summed E-state index contributed by atoms with van der Waals surface area (Å²) in [4.78, 5) is 45.7. The van der Waals surface area contributed by atoms with Gasteiger partial charge in [0.2, 0.25) is 0 Å². The number of rotatable bonds is 6. The number of hydrogen-bond acceptors (Lipinski definition) is 5. The van der Waals surface area contributed by atoms with Gasteiger partial charge in [0.1, 0.15) is 11.4 Å². The lowest BCUT2D eigenvalue weighted by Crippen LogP contribution is -2.33. The monoisotopic (exact) mass is 459 g/mol. The third-order valence-electron chi connectivity index (χ3n) is 4.90. The Bertz CT molecular complexity index is 1410. The summed E-state index contributed by atoms with van der Waals surface area (Å²) in [6, 6.07) is 18.4. The zero-order chi connectivity index (χ0) is 23.4. The van der Waals surface area contributed by atoms with Gasteiger partial charge in [-0.15, -0.1) is 0 Å². The first-order valence-electron chi connectivity index (χ1n) is 9.97. The SMILES string of the molecule is COc1cccc(CNC(=O)c2ccc3c(c2)=NC(=O)/C(=C/C(=O)c2ccc(Cl)cc2)N=3)c1. The van der Waals surface area contributed by atoms with Crippen LogP contribution in [-0.2, 0) is 11.3 Å². The first-order chi connectivity index (χ1) is 15.9. The van der Waals surface area contributed by atoms with E-state index in [-0.39, 0.29) is 22.7 Å². The number of ether oxygens (including phenoxy) is 1. The predicted octanol–water partition coefficient (Wildman–Crippen LogP) is 2.82. The summed E-state index contributed by atoms with van der Waals surface area (Å²) in [5, 5.41) is 3.99. The molecule has 4 rings (SSSR count). The molecule has 8 heteroatoms. The summed E-state index contributed by atoms with van der Waals surface area (Å²) < 4.78 is 5.18. The number of halogens is 1. The quantitative estimate of drug-likeness (QED) is 0.452. The molecule has 1 heterocycles. The van der Waals surface area contributed by atoms with Crippen molar-refractivity contribution in [3.63, 3.8) is 0 Å². The smallest absolute Gasteiger partial charge is 0.296 e. The Morgan fingerprint density at radius 1 is 0.970 bits per heavy atom. The third kappa shape index (κ3) is 5.22. The second-order valence-corrected chi connectivity index (χ2v) is 7.60. The molecule has 2 amide bonds. The van der Waals surface area contributed by atoms with Crippen LogP contribution in [0.3, 0.4) is 0 Å². The first kappa shape index (κ1) is 22.1. The van der Waals surface area contributed by atoms with Crippen molar-refractivity contribution < 1.29 is 19.1 Å². The fourth-order valence-corrected chi connectivity index (χ4v) is 3.30. The van der Waals surface area contributed by atoms with Crippen molar-refractivity contribution in [3.05, 3.63) is 111 Å². The van der Waals surface area contributed by atoms with Crippen LogP contribution in [0, 0.1) is 0 Å². The molecule has 0 aromatic heterocycles. The predicted molar refractivity (Wildman–Crippen MR) is 122 cm³/mol. The Kier molecular flexibility index (Phi) is 6.42. The van der Waals surface area contributed by atoms with E-state index in [0.29, 0.717) is 33.8 Å². The largest absolute Gasteiger partial charge is 0.497 e. The average molecular weight is 460 g/mol. The molecule has 0 spiro atoms. The van der Waals surface area contributed by atoms with E-state index < -0.39 is 5.91 Å².